The van der Waals surface area contributed by atoms with Crippen LogP contribution in [0.1, 0.15) is 11.1 Å². The van der Waals surface area contributed by atoms with Gasteiger partial charge in [-0.05, 0) is 25.1 Å². The lowest BCUT2D eigenvalue weighted by atomic mass is 10.2. The molecule has 0 atom stereocenters. The van der Waals surface area contributed by atoms with Gasteiger partial charge in [-0.15, -0.1) is 0 Å². The SMILES string of the molecule is Cc1ccc(S(=O)(=O)Nc2ccccc2C=NN)cc1. The molecule has 6 heteroatoms. The molecular formula is C14H15N3O2S. The Balaban J connectivity index is 2.36. The van der Waals surface area contributed by atoms with Crippen LogP contribution in [0.3, 0.4) is 0 Å². The van der Waals surface area contributed by atoms with Gasteiger partial charge in [0.15, 0.2) is 0 Å². The van der Waals surface area contributed by atoms with Crippen molar-refractivity contribution in [3.8, 4) is 0 Å². The van der Waals surface area contributed by atoms with Gasteiger partial charge in [-0.1, -0.05) is 35.9 Å². The van der Waals surface area contributed by atoms with E-state index >= 15 is 0 Å². The normalized spacial score (nSPS) is 11.7. The van der Waals surface area contributed by atoms with Crippen LogP contribution in [0.15, 0.2) is 58.5 Å². The van der Waals surface area contributed by atoms with E-state index in [2.05, 4.69) is 9.82 Å². The lowest BCUT2D eigenvalue weighted by Gasteiger charge is -2.10. The molecule has 2 rings (SSSR count). The van der Waals surface area contributed by atoms with Crippen molar-refractivity contribution in [2.24, 2.45) is 10.9 Å². The minimum atomic E-state index is -3.62. The Hall–Kier alpha value is -2.34. The van der Waals surface area contributed by atoms with Crippen molar-refractivity contribution < 1.29 is 8.42 Å². The highest BCUT2D eigenvalue weighted by atomic mass is 32.2. The fraction of sp³-hybridized carbons (Fsp3) is 0.0714. The van der Waals surface area contributed by atoms with Gasteiger partial charge in [-0.25, -0.2) is 8.42 Å². The van der Waals surface area contributed by atoms with Crippen LogP contribution < -0.4 is 10.6 Å². The number of sulfonamides is 1. The van der Waals surface area contributed by atoms with Gasteiger partial charge in [0.05, 0.1) is 16.8 Å². The fourth-order valence-electron chi connectivity index (χ4n) is 1.70. The lowest BCUT2D eigenvalue weighted by molar-refractivity contribution is 0.601. The van der Waals surface area contributed by atoms with Crippen molar-refractivity contribution in [1.29, 1.82) is 0 Å². The Morgan fingerprint density at radius 2 is 1.75 bits per heavy atom. The molecule has 0 saturated heterocycles. The number of rotatable bonds is 4. The molecule has 3 N–H and O–H groups in total. The first-order valence-corrected chi connectivity index (χ1v) is 7.43. The maximum atomic E-state index is 12.3. The van der Waals surface area contributed by atoms with Crippen molar-refractivity contribution in [3.05, 3.63) is 59.7 Å². The quantitative estimate of drug-likeness (QED) is 0.513. The summed E-state index contributed by atoms with van der Waals surface area (Å²) in [6.45, 7) is 1.90. The maximum Gasteiger partial charge on any atom is 0.261 e. The van der Waals surface area contributed by atoms with E-state index < -0.39 is 10.0 Å². The maximum absolute atomic E-state index is 12.3. The highest BCUT2D eigenvalue weighted by Crippen LogP contribution is 2.19. The van der Waals surface area contributed by atoms with Crippen LogP contribution in [-0.4, -0.2) is 14.6 Å². The third kappa shape index (κ3) is 3.16. The summed E-state index contributed by atoms with van der Waals surface area (Å²) in [5.74, 6) is 5.11. The first-order chi connectivity index (χ1) is 9.53. The van der Waals surface area contributed by atoms with Crippen LogP contribution in [0.2, 0.25) is 0 Å². The Morgan fingerprint density at radius 3 is 2.40 bits per heavy atom. The van der Waals surface area contributed by atoms with E-state index in [0.29, 0.717) is 11.3 Å². The first kappa shape index (κ1) is 14.1. The summed E-state index contributed by atoms with van der Waals surface area (Å²) < 4.78 is 27.1. The lowest BCUT2D eigenvalue weighted by Crippen LogP contribution is -2.14. The van der Waals surface area contributed by atoms with Gasteiger partial charge in [0, 0.05) is 5.56 Å². The molecule has 2 aromatic rings. The second-order valence-corrected chi connectivity index (χ2v) is 5.97. The summed E-state index contributed by atoms with van der Waals surface area (Å²) in [6, 6.07) is 13.5. The molecule has 2 aromatic carbocycles. The Kier molecular flexibility index (Phi) is 4.05. The van der Waals surface area contributed by atoms with E-state index in [-0.39, 0.29) is 4.90 Å². The summed E-state index contributed by atoms with van der Waals surface area (Å²) in [7, 11) is -3.62. The van der Waals surface area contributed by atoms with Gasteiger partial charge in [-0.2, -0.15) is 5.10 Å². The predicted molar refractivity (Wildman–Crippen MR) is 80.2 cm³/mol. The second-order valence-electron chi connectivity index (χ2n) is 4.28. The topological polar surface area (TPSA) is 84.5 Å². The third-order valence-electron chi connectivity index (χ3n) is 2.75. The Labute approximate surface area is 118 Å². The van der Waals surface area contributed by atoms with Gasteiger partial charge < -0.3 is 5.84 Å². The minimum absolute atomic E-state index is 0.211. The molecule has 0 unspecified atom stereocenters. The number of anilines is 1. The standard InChI is InChI=1S/C14H15N3O2S/c1-11-6-8-13(9-7-11)20(18,19)17-14-5-3-2-4-12(14)10-16-15/h2-10,17H,15H2,1H3. The van der Waals surface area contributed by atoms with E-state index in [1.54, 1.807) is 48.5 Å². The van der Waals surface area contributed by atoms with Crippen molar-refractivity contribution in [2.45, 2.75) is 11.8 Å². The molecule has 0 aliphatic heterocycles. The zero-order valence-corrected chi connectivity index (χ0v) is 11.8. The first-order valence-electron chi connectivity index (χ1n) is 5.95. The van der Waals surface area contributed by atoms with Gasteiger partial charge in [-0.3, -0.25) is 4.72 Å². The summed E-state index contributed by atoms with van der Waals surface area (Å²) in [5.41, 5.74) is 2.03. The van der Waals surface area contributed by atoms with Crippen molar-refractivity contribution in [3.63, 3.8) is 0 Å². The molecule has 0 fully saturated rings. The molecule has 104 valence electrons. The van der Waals surface area contributed by atoms with Crippen LogP contribution in [-0.2, 0) is 10.0 Å². The second kappa shape index (κ2) is 5.75. The smallest absolute Gasteiger partial charge is 0.261 e. The van der Waals surface area contributed by atoms with Gasteiger partial charge >= 0.3 is 0 Å². The van der Waals surface area contributed by atoms with E-state index in [9.17, 15) is 8.42 Å². The molecule has 0 aliphatic rings. The molecule has 0 aromatic heterocycles. The van der Waals surface area contributed by atoms with Crippen LogP contribution in [0.25, 0.3) is 0 Å². The van der Waals surface area contributed by atoms with Crippen LogP contribution in [0.5, 0.6) is 0 Å². The largest absolute Gasteiger partial charge is 0.323 e. The predicted octanol–water partition coefficient (Wildman–Crippen LogP) is 2.09. The van der Waals surface area contributed by atoms with E-state index in [1.807, 2.05) is 6.92 Å². The van der Waals surface area contributed by atoms with E-state index in [0.717, 1.165) is 5.56 Å². The Morgan fingerprint density at radius 1 is 1.10 bits per heavy atom. The zero-order valence-electron chi connectivity index (χ0n) is 10.9. The number of hydrogen-bond donors (Lipinski definition) is 2. The number of nitrogens with zero attached hydrogens (tertiary/aromatic N) is 1. The van der Waals surface area contributed by atoms with E-state index in [1.165, 1.54) is 6.21 Å². The molecule has 20 heavy (non-hydrogen) atoms. The minimum Gasteiger partial charge on any atom is -0.323 e. The van der Waals surface area contributed by atoms with Crippen LogP contribution in [0.4, 0.5) is 5.69 Å². The third-order valence-corrected chi connectivity index (χ3v) is 4.13. The summed E-state index contributed by atoms with van der Waals surface area (Å²) in [6.07, 6.45) is 1.40. The number of nitrogens with one attached hydrogen (secondary N) is 1. The molecule has 0 aliphatic carbocycles. The number of hydrogen-bond acceptors (Lipinski definition) is 4. The Bertz CT molecular complexity index is 722. The van der Waals surface area contributed by atoms with Crippen molar-refractivity contribution in [1.82, 2.24) is 0 Å². The highest BCUT2D eigenvalue weighted by molar-refractivity contribution is 7.92. The van der Waals surface area contributed by atoms with Gasteiger partial charge in [0.2, 0.25) is 0 Å². The molecule has 0 spiro atoms. The fourth-order valence-corrected chi connectivity index (χ4v) is 2.79. The number of hydrazone groups is 1. The van der Waals surface area contributed by atoms with Crippen molar-refractivity contribution >= 4 is 21.9 Å². The van der Waals surface area contributed by atoms with Crippen LogP contribution in [0, 0.1) is 6.92 Å². The number of aryl methyl sites for hydroxylation is 1. The number of nitrogens with two attached hydrogens (primary N) is 1. The molecule has 0 amide bonds. The van der Waals surface area contributed by atoms with Gasteiger partial charge in [0.25, 0.3) is 10.0 Å². The average molecular weight is 289 g/mol. The molecule has 0 heterocycles. The zero-order chi connectivity index (χ0) is 14.6. The monoisotopic (exact) mass is 289 g/mol. The van der Waals surface area contributed by atoms with Crippen LogP contribution >= 0.6 is 0 Å². The molecule has 0 saturated carbocycles. The summed E-state index contributed by atoms with van der Waals surface area (Å²) in [5, 5.41) is 3.42. The summed E-state index contributed by atoms with van der Waals surface area (Å²) in [4.78, 5) is 0.211. The molecule has 5 nitrogen and oxygen atoms in total. The number of benzene rings is 2. The van der Waals surface area contributed by atoms with E-state index in [4.69, 9.17) is 5.84 Å². The molecule has 0 bridgehead atoms. The molecule has 0 radical (unpaired) electrons. The average Bonchev–Trinajstić information content (AvgIpc) is 2.41. The molecular weight excluding hydrogens is 274 g/mol. The number of para-hydroxylation sites is 1. The summed E-state index contributed by atoms with van der Waals surface area (Å²) >= 11 is 0. The van der Waals surface area contributed by atoms with Crippen molar-refractivity contribution in [2.75, 3.05) is 4.72 Å². The highest BCUT2D eigenvalue weighted by Gasteiger charge is 2.15. The van der Waals surface area contributed by atoms with Gasteiger partial charge in [0.1, 0.15) is 0 Å².